The molecule has 0 saturated carbocycles. The Bertz CT molecular complexity index is 688. The summed E-state index contributed by atoms with van der Waals surface area (Å²) in [5, 5.41) is 0. The second kappa shape index (κ2) is 6.65. The first-order valence-electron chi connectivity index (χ1n) is 8.47. The number of ether oxygens (including phenoxy) is 3. The molecular weight excluding hydrogens is 304 g/mol. The van der Waals surface area contributed by atoms with Crippen LogP contribution in [0.3, 0.4) is 0 Å². The molecule has 0 bridgehead atoms. The van der Waals surface area contributed by atoms with Crippen molar-refractivity contribution in [2.24, 2.45) is 0 Å². The summed E-state index contributed by atoms with van der Waals surface area (Å²) in [7, 11) is 0. The third-order valence-electron chi connectivity index (χ3n) is 4.60. The summed E-state index contributed by atoms with van der Waals surface area (Å²) in [6.45, 7) is 1.08. The molecule has 1 saturated heterocycles. The van der Waals surface area contributed by atoms with Crippen LogP contribution in [0.4, 0.5) is 0 Å². The van der Waals surface area contributed by atoms with Crippen molar-refractivity contribution in [2.45, 2.75) is 31.3 Å². The van der Waals surface area contributed by atoms with E-state index in [1.165, 1.54) is 0 Å². The van der Waals surface area contributed by atoms with Gasteiger partial charge in [-0.15, -0.1) is 0 Å². The van der Waals surface area contributed by atoms with E-state index in [0.717, 1.165) is 37.0 Å². The van der Waals surface area contributed by atoms with Crippen LogP contribution in [0.2, 0.25) is 0 Å². The van der Waals surface area contributed by atoms with Gasteiger partial charge in [0.15, 0.2) is 0 Å². The second-order valence-corrected chi connectivity index (χ2v) is 6.23. The summed E-state index contributed by atoms with van der Waals surface area (Å²) in [4.78, 5) is 12.8. The van der Waals surface area contributed by atoms with Crippen LogP contribution < -0.4 is 4.74 Å². The van der Waals surface area contributed by atoms with Crippen LogP contribution in [0.1, 0.15) is 36.3 Å². The average molecular weight is 324 g/mol. The molecule has 2 heterocycles. The molecule has 2 aromatic rings. The molecule has 4 heteroatoms. The molecule has 0 spiro atoms. The van der Waals surface area contributed by atoms with Gasteiger partial charge in [-0.1, -0.05) is 36.4 Å². The van der Waals surface area contributed by atoms with E-state index in [-0.39, 0.29) is 12.1 Å². The maximum Gasteiger partial charge on any atom is 0.318 e. The largest absolute Gasteiger partial charge is 0.462 e. The summed E-state index contributed by atoms with van der Waals surface area (Å²) in [5.41, 5.74) is 1.71. The van der Waals surface area contributed by atoms with Crippen molar-refractivity contribution < 1.29 is 19.0 Å². The van der Waals surface area contributed by atoms with Gasteiger partial charge in [-0.2, -0.15) is 0 Å². The van der Waals surface area contributed by atoms with Gasteiger partial charge in [0, 0.05) is 17.7 Å². The highest BCUT2D eigenvalue weighted by Gasteiger charge is 2.34. The number of carbonyl (C=O) groups excluding carboxylic acids is 1. The molecule has 0 aromatic heterocycles. The van der Waals surface area contributed by atoms with Gasteiger partial charge in [-0.3, -0.25) is 4.79 Å². The standard InChI is InChI=1S/C20H20O4/c21-20(23-13-14-7-5-6-12-22-14)19-15-8-1-3-10-17(15)24-18-11-4-2-9-16(18)19/h1-4,8-11,14,19H,5-7,12-13H2. The zero-order chi connectivity index (χ0) is 16.4. The molecule has 1 unspecified atom stereocenters. The highest BCUT2D eigenvalue weighted by molar-refractivity contribution is 5.85. The minimum absolute atomic E-state index is 0.0213. The summed E-state index contributed by atoms with van der Waals surface area (Å²) < 4.78 is 17.2. The molecule has 2 aliphatic rings. The number of carbonyl (C=O) groups is 1. The number of para-hydroxylation sites is 2. The lowest BCUT2D eigenvalue weighted by atomic mass is 9.88. The Labute approximate surface area is 141 Å². The van der Waals surface area contributed by atoms with E-state index in [4.69, 9.17) is 14.2 Å². The smallest absolute Gasteiger partial charge is 0.318 e. The monoisotopic (exact) mass is 324 g/mol. The number of hydrogen-bond donors (Lipinski definition) is 0. The van der Waals surface area contributed by atoms with Gasteiger partial charge in [-0.25, -0.2) is 0 Å². The minimum atomic E-state index is -0.449. The fourth-order valence-electron chi connectivity index (χ4n) is 3.36. The predicted molar refractivity (Wildman–Crippen MR) is 89.4 cm³/mol. The van der Waals surface area contributed by atoms with Crippen molar-refractivity contribution in [3.05, 3.63) is 59.7 Å². The molecule has 2 aliphatic heterocycles. The first kappa shape index (κ1) is 15.2. The Morgan fingerprint density at radius 3 is 2.29 bits per heavy atom. The van der Waals surface area contributed by atoms with Crippen molar-refractivity contribution in [1.29, 1.82) is 0 Å². The molecule has 0 aliphatic carbocycles. The Morgan fingerprint density at radius 1 is 1.00 bits per heavy atom. The topological polar surface area (TPSA) is 44.8 Å². The molecule has 0 N–H and O–H groups in total. The lowest BCUT2D eigenvalue weighted by molar-refractivity contribution is -0.150. The Morgan fingerprint density at radius 2 is 1.67 bits per heavy atom. The summed E-state index contributed by atoms with van der Waals surface area (Å²) in [6, 6.07) is 15.3. The lowest BCUT2D eigenvalue weighted by Gasteiger charge is -2.28. The van der Waals surface area contributed by atoms with Crippen molar-refractivity contribution in [3.63, 3.8) is 0 Å². The molecule has 1 fully saturated rings. The van der Waals surface area contributed by atoms with E-state index in [2.05, 4.69) is 0 Å². The highest BCUT2D eigenvalue weighted by atomic mass is 16.6. The van der Waals surface area contributed by atoms with Crippen molar-refractivity contribution in [2.75, 3.05) is 13.2 Å². The molecule has 0 radical (unpaired) electrons. The molecule has 4 nitrogen and oxygen atoms in total. The molecule has 1 atom stereocenters. The lowest BCUT2D eigenvalue weighted by Crippen LogP contribution is -2.28. The zero-order valence-corrected chi connectivity index (χ0v) is 13.4. The predicted octanol–water partition coefficient (Wildman–Crippen LogP) is 4.04. The number of benzene rings is 2. The second-order valence-electron chi connectivity index (χ2n) is 6.23. The van der Waals surface area contributed by atoms with Gasteiger partial charge in [-0.05, 0) is 31.4 Å². The van der Waals surface area contributed by atoms with Crippen LogP contribution in [0.25, 0.3) is 0 Å². The Kier molecular flexibility index (Phi) is 4.22. The molecule has 0 amide bonds. The number of esters is 1. The van der Waals surface area contributed by atoms with E-state index in [0.29, 0.717) is 18.1 Å². The van der Waals surface area contributed by atoms with Crippen LogP contribution in [-0.2, 0) is 14.3 Å². The van der Waals surface area contributed by atoms with Gasteiger partial charge in [0.2, 0.25) is 0 Å². The Balaban J connectivity index is 1.58. The molecule has 4 rings (SSSR count). The molecule has 24 heavy (non-hydrogen) atoms. The van der Waals surface area contributed by atoms with E-state index >= 15 is 0 Å². The fourth-order valence-corrected chi connectivity index (χ4v) is 3.36. The van der Waals surface area contributed by atoms with Crippen molar-refractivity contribution >= 4 is 5.97 Å². The van der Waals surface area contributed by atoms with Gasteiger partial charge >= 0.3 is 5.97 Å². The van der Waals surface area contributed by atoms with E-state index in [9.17, 15) is 4.79 Å². The first-order chi connectivity index (χ1) is 11.8. The summed E-state index contributed by atoms with van der Waals surface area (Å²) >= 11 is 0. The third-order valence-corrected chi connectivity index (χ3v) is 4.60. The molecule has 124 valence electrons. The molecule has 2 aromatic carbocycles. The van der Waals surface area contributed by atoms with Crippen LogP contribution in [0.5, 0.6) is 11.5 Å². The summed E-state index contributed by atoms with van der Waals surface area (Å²) in [6.07, 6.45) is 3.19. The first-order valence-corrected chi connectivity index (χ1v) is 8.47. The minimum Gasteiger partial charge on any atom is -0.462 e. The number of hydrogen-bond acceptors (Lipinski definition) is 4. The van der Waals surface area contributed by atoms with Gasteiger partial charge in [0.1, 0.15) is 24.0 Å². The van der Waals surface area contributed by atoms with Crippen molar-refractivity contribution in [3.8, 4) is 11.5 Å². The fraction of sp³-hybridized carbons (Fsp3) is 0.350. The SMILES string of the molecule is O=C(OCC1CCCCO1)C1c2ccccc2Oc2ccccc21. The normalized spacial score (nSPS) is 19.8. The maximum atomic E-state index is 12.8. The molecular formula is C20H20O4. The summed E-state index contributed by atoms with van der Waals surface area (Å²) in [5.74, 6) is 0.737. The van der Waals surface area contributed by atoms with Gasteiger partial charge in [0.05, 0.1) is 6.10 Å². The quantitative estimate of drug-likeness (QED) is 0.800. The van der Waals surface area contributed by atoms with Crippen LogP contribution in [0.15, 0.2) is 48.5 Å². The van der Waals surface area contributed by atoms with Gasteiger partial charge in [0.25, 0.3) is 0 Å². The van der Waals surface area contributed by atoms with E-state index < -0.39 is 5.92 Å². The zero-order valence-electron chi connectivity index (χ0n) is 13.4. The maximum absolute atomic E-state index is 12.8. The highest BCUT2D eigenvalue weighted by Crippen LogP contribution is 2.44. The van der Waals surface area contributed by atoms with E-state index in [1.54, 1.807) is 0 Å². The third kappa shape index (κ3) is 2.89. The van der Waals surface area contributed by atoms with Crippen LogP contribution in [-0.4, -0.2) is 25.3 Å². The number of rotatable bonds is 3. The van der Waals surface area contributed by atoms with Crippen LogP contribution in [0, 0.1) is 0 Å². The average Bonchev–Trinajstić information content (AvgIpc) is 2.65. The van der Waals surface area contributed by atoms with E-state index in [1.807, 2.05) is 48.5 Å². The van der Waals surface area contributed by atoms with Crippen LogP contribution >= 0.6 is 0 Å². The van der Waals surface area contributed by atoms with Crippen molar-refractivity contribution in [1.82, 2.24) is 0 Å². The van der Waals surface area contributed by atoms with Gasteiger partial charge < -0.3 is 14.2 Å². The Hall–Kier alpha value is -2.33. The number of fused-ring (bicyclic) bond motifs is 2.